The summed E-state index contributed by atoms with van der Waals surface area (Å²) in [5.41, 5.74) is 1.08. The summed E-state index contributed by atoms with van der Waals surface area (Å²) in [7, 11) is 1.63. The van der Waals surface area contributed by atoms with Gasteiger partial charge >= 0.3 is 0 Å². The highest BCUT2D eigenvalue weighted by atomic mass is 16.6. The van der Waals surface area contributed by atoms with Crippen molar-refractivity contribution in [3.05, 3.63) is 39.9 Å². The first kappa shape index (κ1) is 17.1. The van der Waals surface area contributed by atoms with E-state index in [2.05, 4.69) is 10.6 Å². The summed E-state index contributed by atoms with van der Waals surface area (Å²) < 4.78 is 4.89. The first-order valence-electron chi connectivity index (χ1n) is 6.83. The number of non-ortho nitro benzene ring substituents is 1. The number of nitro benzene ring substituents is 1. The van der Waals surface area contributed by atoms with Crippen LogP contribution in [0.2, 0.25) is 0 Å². The van der Waals surface area contributed by atoms with Crippen LogP contribution in [0.3, 0.4) is 0 Å². The number of benzene rings is 1. The lowest BCUT2D eigenvalue weighted by Gasteiger charge is -2.06. The molecule has 0 radical (unpaired) electrons. The first-order chi connectivity index (χ1) is 10.1. The molecule has 0 bridgehead atoms. The second-order valence-electron chi connectivity index (χ2n) is 4.55. The molecule has 2 N–H and O–H groups in total. The van der Waals surface area contributed by atoms with Crippen LogP contribution in [-0.4, -0.2) is 44.2 Å². The van der Waals surface area contributed by atoms with Gasteiger partial charge in [-0.1, -0.05) is 12.1 Å². The van der Waals surface area contributed by atoms with E-state index in [1.54, 1.807) is 19.2 Å². The number of nitro groups is 1. The number of carbonyl (C=O) groups excluding carboxylic acids is 1. The molecule has 1 rings (SSSR count). The van der Waals surface area contributed by atoms with E-state index >= 15 is 0 Å². The van der Waals surface area contributed by atoms with Gasteiger partial charge in [-0.05, 0) is 24.9 Å². The van der Waals surface area contributed by atoms with Crippen LogP contribution in [0.15, 0.2) is 24.3 Å². The van der Waals surface area contributed by atoms with E-state index in [9.17, 15) is 14.9 Å². The quantitative estimate of drug-likeness (QED) is 0.380. The molecule has 0 atom stereocenters. The summed E-state index contributed by atoms with van der Waals surface area (Å²) in [6, 6.07) is 6.42. The van der Waals surface area contributed by atoms with Gasteiger partial charge in [-0.15, -0.1) is 0 Å². The lowest BCUT2D eigenvalue weighted by Crippen LogP contribution is -2.35. The molecule has 0 saturated heterocycles. The maximum atomic E-state index is 11.4. The fourth-order valence-electron chi connectivity index (χ4n) is 1.73. The number of carbonyl (C=O) groups is 1. The molecule has 1 amide bonds. The number of ether oxygens (including phenoxy) is 1. The minimum absolute atomic E-state index is 0.0465. The number of hydrogen-bond acceptors (Lipinski definition) is 5. The van der Waals surface area contributed by atoms with E-state index in [1.165, 1.54) is 12.1 Å². The van der Waals surface area contributed by atoms with Crippen LogP contribution >= 0.6 is 0 Å². The Morgan fingerprint density at radius 1 is 1.29 bits per heavy atom. The molecule has 0 saturated carbocycles. The third-order valence-electron chi connectivity index (χ3n) is 2.87. The Morgan fingerprint density at radius 2 is 2.00 bits per heavy atom. The molecular weight excluding hydrogens is 274 g/mol. The lowest BCUT2D eigenvalue weighted by atomic mass is 10.1. The number of methoxy groups -OCH3 is 1. The maximum Gasteiger partial charge on any atom is 0.269 e. The Kier molecular flexibility index (Phi) is 8.00. The zero-order chi connectivity index (χ0) is 15.5. The largest absolute Gasteiger partial charge is 0.385 e. The molecule has 7 heteroatoms. The summed E-state index contributed by atoms with van der Waals surface area (Å²) >= 11 is 0. The standard InChI is InChI=1S/C14H21N3O4/c1-21-10-2-8-16-14(18)11-15-9-7-12-3-5-13(6-4-12)17(19)20/h3-6,15H,2,7-11H2,1H3,(H,16,18). The summed E-state index contributed by atoms with van der Waals surface area (Å²) in [6.07, 6.45) is 1.51. The molecule has 0 heterocycles. The first-order valence-corrected chi connectivity index (χ1v) is 6.83. The van der Waals surface area contributed by atoms with Crippen LogP contribution in [0.4, 0.5) is 5.69 Å². The molecule has 116 valence electrons. The Bertz CT molecular complexity index is 448. The Labute approximate surface area is 123 Å². The molecule has 0 aliphatic heterocycles. The van der Waals surface area contributed by atoms with Crippen molar-refractivity contribution in [1.29, 1.82) is 0 Å². The monoisotopic (exact) mass is 295 g/mol. The summed E-state index contributed by atoms with van der Waals surface area (Å²) in [4.78, 5) is 21.5. The van der Waals surface area contributed by atoms with Crippen molar-refractivity contribution in [2.45, 2.75) is 12.8 Å². The Hall–Kier alpha value is -1.99. The number of rotatable bonds is 10. The van der Waals surface area contributed by atoms with E-state index in [0.717, 1.165) is 18.4 Å². The highest BCUT2D eigenvalue weighted by Crippen LogP contribution is 2.11. The van der Waals surface area contributed by atoms with Crippen molar-refractivity contribution in [1.82, 2.24) is 10.6 Å². The number of hydrogen-bond donors (Lipinski definition) is 2. The number of amides is 1. The van der Waals surface area contributed by atoms with Gasteiger partial charge in [0.1, 0.15) is 0 Å². The molecule has 1 aromatic carbocycles. The van der Waals surface area contributed by atoms with E-state index in [-0.39, 0.29) is 18.1 Å². The summed E-state index contributed by atoms with van der Waals surface area (Å²) in [5, 5.41) is 16.3. The molecule has 21 heavy (non-hydrogen) atoms. The molecule has 0 aliphatic carbocycles. The SMILES string of the molecule is COCCCNC(=O)CNCCc1ccc([N+](=O)[O-])cc1. The van der Waals surface area contributed by atoms with Crippen molar-refractivity contribution in [2.24, 2.45) is 0 Å². The molecule has 7 nitrogen and oxygen atoms in total. The van der Waals surface area contributed by atoms with Gasteiger partial charge in [0.05, 0.1) is 11.5 Å². The highest BCUT2D eigenvalue weighted by molar-refractivity contribution is 5.77. The average molecular weight is 295 g/mol. The van der Waals surface area contributed by atoms with Gasteiger partial charge in [0.25, 0.3) is 5.69 Å². The second kappa shape index (κ2) is 9.84. The predicted octanol–water partition coefficient (Wildman–Crippen LogP) is 0.880. The Balaban J connectivity index is 2.13. The van der Waals surface area contributed by atoms with Crippen molar-refractivity contribution < 1.29 is 14.5 Å². The molecule has 0 spiro atoms. The number of nitrogens with zero attached hydrogens (tertiary/aromatic N) is 1. The summed E-state index contributed by atoms with van der Waals surface area (Å²) in [6.45, 7) is 2.15. The third kappa shape index (κ3) is 7.38. The highest BCUT2D eigenvalue weighted by Gasteiger charge is 2.04. The predicted molar refractivity (Wildman–Crippen MR) is 79.2 cm³/mol. The molecule has 0 aromatic heterocycles. The minimum Gasteiger partial charge on any atom is -0.385 e. The fraction of sp³-hybridized carbons (Fsp3) is 0.500. The molecular formula is C14H21N3O4. The van der Waals surface area contributed by atoms with Gasteiger partial charge in [-0.3, -0.25) is 14.9 Å². The van der Waals surface area contributed by atoms with Crippen LogP contribution in [0.5, 0.6) is 0 Å². The maximum absolute atomic E-state index is 11.4. The van der Waals surface area contributed by atoms with Gasteiger partial charge in [0, 0.05) is 32.4 Å². The fourth-order valence-corrected chi connectivity index (χ4v) is 1.73. The molecule has 0 unspecified atom stereocenters. The summed E-state index contributed by atoms with van der Waals surface area (Å²) in [5.74, 6) is -0.0465. The van der Waals surface area contributed by atoms with Crippen LogP contribution in [0, 0.1) is 10.1 Å². The van der Waals surface area contributed by atoms with Gasteiger partial charge in [-0.2, -0.15) is 0 Å². The Morgan fingerprint density at radius 3 is 2.62 bits per heavy atom. The van der Waals surface area contributed by atoms with Crippen LogP contribution in [-0.2, 0) is 16.0 Å². The molecule has 1 aromatic rings. The molecule has 0 aliphatic rings. The normalized spacial score (nSPS) is 10.3. The smallest absolute Gasteiger partial charge is 0.269 e. The minimum atomic E-state index is -0.421. The van der Waals surface area contributed by atoms with Crippen molar-refractivity contribution in [3.8, 4) is 0 Å². The van der Waals surface area contributed by atoms with Gasteiger partial charge in [0.15, 0.2) is 0 Å². The topological polar surface area (TPSA) is 93.5 Å². The van der Waals surface area contributed by atoms with Gasteiger partial charge < -0.3 is 15.4 Å². The molecule has 0 fully saturated rings. The van der Waals surface area contributed by atoms with Crippen molar-refractivity contribution in [2.75, 3.05) is 33.4 Å². The van der Waals surface area contributed by atoms with Crippen LogP contribution in [0.25, 0.3) is 0 Å². The van der Waals surface area contributed by atoms with E-state index in [4.69, 9.17) is 4.74 Å². The zero-order valence-electron chi connectivity index (χ0n) is 12.1. The van der Waals surface area contributed by atoms with Crippen molar-refractivity contribution >= 4 is 11.6 Å². The third-order valence-corrected chi connectivity index (χ3v) is 2.87. The van der Waals surface area contributed by atoms with Crippen LogP contribution < -0.4 is 10.6 Å². The number of nitrogens with one attached hydrogen (secondary N) is 2. The van der Waals surface area contributed by atoms with Gasteiger partial charge in [-0.25, -0.2) is 0 Å². The van der Waals surface area contributed by atoms with E-state index in [0.29, 0.717) is 19.7 Å². The lowest BCUT2D eigenvalue weighted by molar-refractivity contribution is -0.384. The van der Waals surface area contributed by atoms with E-state index in [1.807, 2.05) is 0 Å². The second-order valence-corrected chi connectivity index (χ2v) is 4.55. The van der Waals surface area contributed by atoms with E-state index < -0.39 is 4.92 Å². The average Bonchev–Trinajstić information content (AvgIpc) is 2.48. The van der Waals surface area contributed by atoms with Crippen LogP contribution in [0.1, 0.15) is 12.0 Å². The zero-order valence-corrected chi connectivity index (χ0v) is 12.1. The van der Waals surface area contributed by atoms with Crippen molar-refractivity contribution in [3.63, 3.8) is 0 Å². The van der Waals surface area contributed by atoms with Gasteiger partial charge in [0.2, 0.25) is 5.91 Å².